The van der Waals surface area contributed by atoms with Crippen molar-refractivity contribution in [3.63, 3.8) is 0 Å². The van der Waals surface area contributed by atoms with E-state index >= 15 is 0 Å². The molecular formula is C41H77NO. The molecule has 0 bridgehead atoms. The second-order valence-electron chi connectivity index (χ2n) is 12.9. The Morgan fingerprint density at radius 2 is 0.953 bits per heavy atom. The van der Waals surface area contributed by atoms with Gasteiger partial charge in [0.2, 0.25) is 0 Å². The summed E-state index contributed by atoms with van der Waals surface area (Å²) < 4.78 is 6.41. The quantitative estimate of drug-likeness (QED) is 0.0444. The Hall–Kier alpha value is -1.28. The average Bonchev–Trinajstić information content (AvgIpc) is 3.01. The Morgan fingerprint density at radius 1 is 0.535 bits per heavy atom. The highest BCUT2D eigenvalue weighted by Gasteiger charge is 2.11. The van der Waals surface area contributed by atoms with Crippen LogP contribution < -0.4 is 5.32 Å². The van der Waals surface area contributed by atoms with Crippen LogP contribution in [0.3, 0.4) is 0 Å². The van der Waals surface area contributed by atoms with Crippen molar-refractivity contribution < 1.29 is 4.74 Å². The number of ether oxygens (including phenoxy) is 1. The van der Waals surface area contributed by atoms with Crippen LogP contribution in [0.25, 0.3) is 0 Å². The minimum atomic E-state index is 0.370. The van der Waals surface area contributed by atoms with Crippen molar-refractivity contribution in [2.24, 2.45) is 0 Å². The van der Waals surface area contributed by atoms with E-state index in [-0.39, 0.29) is 0 Å². The number of hydrogen-bond donors (Lipinski definition) is 1. The SMILES string of the molecule is C=C(CC/C=C/CNC)OC(CCCCCCCCCCC)CCCCCCCCCCC/C=C\C/C=C\CCCCC. The Bertz CT molecular complexity index is 634. The van der Waals surface area contributed by atoms with Gasteiger partial charge in [-0.15, -0.1) is 0 Å². The average molecular weight is 600 g/mol. The van der Waals surface area contributed by atoms with Crippen LogP contribution in [0.5, 0.6) is 0 Å². The molecule has 0 rings (SSSR count). The van der Waals surface area contributed by atoms with Gasteiger partial charge in [-0.2, -0.15) is 0 Å². The van der Waals surface area contributed by atoms with Crippen molar-refractivity contribution in [1.82, 2.24) is 5.32 Å². The third-order valence-electron chi connectivity index (χ3n) is 8.52. The van der Waals surface area contributed by atoms with E-state index in [4.69, 9.17) is 4.74 Å². The molecule has 1 atom stereocenters. The molecule has 2 nitrogen and oxygen atoms in total. The van der Waals surface area contributed by atoms with Crippen molar-refractivity contribution >= 4 is 0 Å². The molecule has 0 aliphatic heterocycles. The summed E-state index contributed by atoms with van der Waals surface area (Å²) in [4.78, 5) is 0. The predicted octanol–water partition coefficient (Wildman–Crippen LogP) is 13.7. The van der Waals surface area contributed by atoms with E-state index < -0.39 is 0 Å². The number of unbranched alkanes of at least 4 members (excludes halogenated alkanes) is 20. The monoisotopic (exact) mass is 600 g/mol. The Labute approximate surface area is 271 Å². The maximum Gasteiger partial charge on any atom is 0.0982 e. The zero-order valence-corrected chi connectivity index (χ0v) is 29.7. The maximum atomic E-state index is 6.41. The van der Waals surface area contributed by atoms with Gasteiger partial charge in [-0.25, -0.2) is 0 Å². The van der Waals surface area contributed by atoms with Crippen molar-refractivity contribution in [2.45, 2.75) is 200 Å². The van der Waals surface area contributed by atoms with E-state index in [1.54, 1.807) is 0 Å². The number of rotatable bonds is 35. The Kier molecular flexibility index (Phi) is 35.8. The maximum absolute atomic E-state index is 6.41. The molecule has 0 saturated heterocycles. The molecule has 0 spiro atoms. The molecule has 0 aromatic heterocycles. The van der Waals surface area contributed by atoms with Gasteiger partial charge in [0.15, 0.2) is 0 Å². The molecule has 0 aliphatic carbocycles. The summed E-state index contributed by atoms with van der Waals surface area (Å²) in [5.41, 5.74) is 0. The van der Waals surface area contributed by atoms with Gasteiger partial charge in [0, 0.05) is 13.0 Å². The molecule has 0 aliphatic rings. The van der Waals surface area contributed by atoms with E-state index in [9.17, 15) is 0 Å². The summed E-state index contributed by atoms with van der Waals surface area (Å²) in [6, 6.07) is 0. The fourth-order valence-electron chi connectivity index (χ4n) is 5.69. The zero-order chi connectivity index (χ0) is 31.3. The molecule has 0 amide bonds. The molecule has 0 aromatic rings. The molecule has 2 heteroatoms. The first-order chi connectivity index (χ1) is 21.2. The lowest BCUT2D eigenvalue weighted by atomic mass is 10.0. The lowest BCUT2D eigenvalue weighted by Gasteiger charge is -2.21. The van der Waals surface area contributed by atoms with Gasteiger partial charge in [-0.05, 0) is 71.3 Å². The molecule has 43 heavy (non-hydrogen) atoms. The lowest BCUT2D eigenvalue weighted by molar-refractivity contribution is 0.0905. The summed E-state index contributed by atoms with van der Waals surface area (Å²) in [6.45, 7) is 9.76. The topological polar surface area (TPSA) is 21.3 Å². The summed E-state index contributed by atoms with van der Waals surface area (Å²) in [5, 5.41) is 3.16. The first-order valence-corrected chi connectivity index (χ1v) is 19.2. The van der Waals surface area contributed by atoms with Crippen LogP contribution in [0.1, 0.15) is 194 Å². The zero-order valence-electron chi connectivity index (χ0n) is 29.7. The lowest BCUT2D eigenvalue weighted by Crippen LogP contribution is -2.13. The van der Waals surface area contributed by atoms with Gasteiger partial charge in [0.25, 0.3) is 0 Å². The second-order valence-corrected chi connectivity index (χ2v) is 12.9. The first-order valence-electron chi connectivity index (χ1n) is 19.2. The van der Waals surface area contributed by atoms with Crippen molar-refractivity contribution in [3.8, 4) is 0 Å². The molecule has 0 aromatic carbocycles. The number of nitrogens with one attached hydrogen (secondary N) is 1. The van der Waals surface area contributed by atoms with E-state index in [1.807, 2.05) is 7.05 Å². The van der Waals surface area contributed by atoms with Crippen LogP contribution in [0.2, 0.25) is 0 Å². The second kappa shape index (κ2) is 36.9. The number of likely N-dealkylation sites (N-methyl/N-ethyl adjacent to an activating group) is 1. The Balaban J connectivity index is 3.93. The van der Waals surface area contributed by atoms with Gasteiger partial charge in [-0.1, -0.05) is 166 Å². The highest BCUT2D eigenvalue weighted by Crippen LogP contribution is 2.21. The molecule has 252 valence electrons. The molecule has 1 N–H and O–H groups in total. The van der Waals surface area contributed by atoms with Crippen LogP contribution in [0.15, 0.2) is 48.8 Å². The number of allylic oxidation sites excluding steroid dienone is 6. The third kappa shape index (κ3) is 35.1. The third-order valence-corrected chi connectivity index (χ3v) is 8.52. The van der Waals surface area contributed by atoms with Gasteiger partial charge in [0.05, 0.1) is 11.9 Å². The van der Waals surface area contributed by atoms with E-state index in [0.29, 0.717) is 6.10 Å². The predicted molar refractivity (Wildman–Crippen MR) is 196 cm³/mol. The van der Waals surface area contributed by atoms with Crippen LogP contribution in [-0.2, 0) is 4.74 Å². The summed E-state index contributed by atoms with van der Waals surface area (Å²) in [7, 11) is 1.99. The molecule has 0 heterocycles. The standard InChI is InChI=1S/C41H77NO/c1-5-7-9-11-13-15-16-17-18-19-20-21-22-23-24-26-28-30-34-38-41(43-40(3)36-32-31-35-39-42-4)37-33-29-27-25-14-12-10-8-6-2/h13,15,17-18,31,35,41-42H,3,5-12,14,16,19-30,32-34,36-39H2,1-2,4H3/b15-13-,18-17-,35-31+. The fraction of sp³-hybridized carbons (Fsp3) is 0.805. The first kappa shape index (κ1) is 41.7. The molecule has 0 fully saturated rings. The van der Waals surface area contributed by atoms with Crippen LogP contribution in [-0.4, -0.2) is 19.7 Å². The van der Waals surface area contributed by atoms with E-state index in [2.05, 4.69) is 62.2 Å². The van der Waals surface area contributed by atoms with Crippen LogP contribution in [0, 0.1) is 0 Å². The minimum Gasteiger partial charge on any atom is -0.495 e. The van der Waals surface area contributed by atoms with E-state index in [1.165, 1.54) is 161 Å². The van der Waals surface area contributed by atoms with Crippen molar-refractivity contribution in [1.29, 1.82) is 0 Å². The highest BCUT2D eigenvalue weighted by molar-refractivity contribution is 4.93. The van der Waals surface area contributed by atoms with E-state index in [0.717, 1.165) is 31.6 Å². The Morgan fingerprint density at radius 3 is 1.47 bits per heavy atom. The molecule has 0 radical (unpaired) electrons. The van der Waals surface area contributed by atoms with Crippen molar-refractivity contribution in [2.75, 3.05) is 13.6 Å². The summed E-state index contributed by atoms with van der Waals surface area (Å²) in [6.07, 6.45) is 51.2. The molecular weight excluding hydrogens is 522 g/mol. The smallest absolute Gasteiger partial charge is 0.0982 e. The van der Waals surface area contributed by atoms with Crippen LogP contribution >= 0.6 is 0 Å². The minimum absolute atomic E-state index is 0.370. The van der Waals surface area contributed by atoms with Crippen LogP contribution in [0.4, 0.5) is 0 Å². The summed E-state index contributed by atoms with van der Waals surface area (Å²) in [5.74, 6) is 0.986. The van der Waals surface area contributed by atoms with Gasteiger partial charge in [0.1, 0.15) is 0 Å². The fourth-order valence-corrected chi connectivity index (χ4v) is 5.69. The summed E-state index contributed by atoms with van der Waals surface area (Å²) >= 11 is 0. The highest BCUT2D eigenvalue weighted by atomic mass is 16.5. The van der Waals surface area contributed by atoms with Gasteiger partial charge >= 0.3 is 0 Å². The van der Waals surface area contributed by atoms with Crippen molar-refractivity contribution in [3.05, 3.63) is 48.8 Å². The molecule has 1 unspecified atom stereocenters. The van der Waals surface area contributed by atoms with Gasteiger partial charge < -0.3 is 10.1 Å². The largest absolute Gasteiger partial charge is 0.495 e. The molecule has 0 saturated carbocycles. The van der Waals surface area contributed by atoms with Gasteiger partial charge in [-0.3, -0.25) is 0 Å². The number of hydrogen-bond acceptors (Lipinski definition) is 2. The normalized spacial score (nSPS) is 12.7.